The summed E-state index contributed by atoms with van der Waals surface area (Å²) >= 11 is 0. The number of tetrazole rings is 1. The number of nitro groups is 1. The van der Waals surface area contributed by atoms with Crippen LogP contribution in [0.15, 0.2) is 42.5 Å². The molecule has 1 aromatic heterocycles. The molecular formula is C22H26N6O6. The van der Waals surface area contributed by atoms with E-state index in [0.717, 1.165) is 12.8 Å². The molecule has 34 heavy (non-hydrogen) atoms. The van der Waals surface area contributed by atoms with Gasteiger partial charge in [0, 0.05) is 24.7 Å². The number of non-ortho nitro benzene ring substituents is 1. The van der Waals surface area contributed by atoms with E-state index in [1.807, 2.05) is 6.92 Å². The fraction of sp³-hybridized carbons (Fsp3) is 0.364. The van der Waals surface area contributed by atoms with Crippen LogP contribution in [0.4, 0.5) is 5.69 Å². The first-order valence-electron chi connectivity index (χ1n) is 10.7. The van der Waals surface area contributed by atoms with E-state index in [1.54, 1.807) is 22.9 Å². The van der Waals surface area contributed by atoms with Gasteiger partial charge in [0.05, 0.1) is 24.5 Å². The molecule has 0 radical (unpaired) electrons. The van der Waals surface area contributed by atoms with Crippen molar-refractivity contribution in [3.63, 3.8) is 0 Å². The first-order chi connectivity index (χ1) is 16.3. The quantitative estimate of drug-likeness (QED) is 0.264. The number of nitrogens with one attached hydrogen (secondary N) is 1. The summed E-state index contributed by atoms with van der Waals surface area (Å²) < 4.78 is 6.75. The van der Waals surface area contributed by atoms with E-state index < -0.39 is 23.0 Å². The van der Waals surface area contributed by atoms with Crippen LogP contribution in [0.1, 0.15) is 55.2 Å². The molecule has 2 aromatic carbocycles. The summed E-state index contributed by atoms with van der Waals surface area (Å²) in [6, 6.07) is 9.03. The molecule has 0 fully saturated rings. The van der Waals surface area contributed by atoms with Crippen LogP contribution in [0.25, 0.3) is 0 Å². The Morgan fingerprint density at radius 3 is 2.71 bits per heavy atom. The summed E-state index contributed by atoms with van der Waals surface area (Å²) in [5, 5.41) is 46.4. The van der Waals surface area contributed by atoms with E-state index in [2.05, 4.69) is 20.8 Å². The van der Waals surface area contributed by atoms with E-state index in [-0.39, 0.29) is 23.6 Å². The normalized spacial score (nSPS) is 12.8. The van der Waals surface area contributed by atoms with Gasteiger partial charge in [0.1, 0.15) is 0 Å². The Labute approximate surface area is 195 Å². The maximum absolute atomic E-state index is 11.7. The number of aliphatic carboxylic acids is 1. The van der Waals surface area contributed by atoms with E-state index >= 15 is 0 Å². The fourth-order valence-corrected chi connectivity index (χ4v) is 3.60. The minimum absolute atomic E-state index is 0.107. The molecule has 12 nitrogen and oxygen atoms in total. The van der Waals surface area contributed by atoms with Gasteiger partial charge in [-0.3, -0.25) is 20.2 Å². The van der Waals surface area contributed by atoms with Gasteiger partial charge in [0.15, 0.2) is 17.3 Å². The molecule has 0 amide bonds. The fourth-order valence-electron chi connectivity index (χ4n) is 3.60. The molecule has 0 saturated carbocycles. The van der Waals surface area contributed by atoms with Gasteiger partial charge in [0.25, 0.3) is 5.69 Å². The van der Waals surface area contributed by atoms with Crippen molar-refractivity contribution in [2.24, 2.45) is 0 Å². The number of methoxy groups -OCH3 is 1. The van der Waals surface area contributed by atoms with E-state index in [9.17, 15) is 25.1 Å². The molecule has 2 atom stereocenters. The molecule has 180 valence electrons. The van der Waals surface area contributed by atoms with Crippen LogP contribution in [0.3, 0.4) is 0 Å². The molecule has 3 N–H and O–H groups in total. The summed E-state index contributed by atoms with van der Waals surface area (Å²) in [5.41, 5.74) is 0.833. The molecule has 12 heteroatoms. The van der Waals surface area contributed by atoms with Crippen LogP contribution in [0, 0.1) is 10.1 Å². The standard InChI is InChI=1S/C22H26N6O6/c1-3-4-10-27-22(24-25-26-27)21(15-8-9-19(34-2)18(29)12-15)23-17(13-20(30)31)14-6-5-7-16(11-14)28(32)33/h5-9,11-12,17,21,23,29H,3-4,10,13H2,1-2H3,(H,30,31). The molecule has 1 heterocycles. The summed E-state index contributed by atoms with van der Waals surface area (Å²) in [5.74, 6) is -0.511. The third kappa shape index (κ3) is 5.84. The largest absolute Gasteiger partial charge is 0.504 e. The lowest BCUT2D eigenvalue weighted by Gasteiger charge is -2.25. The minimum atomic E-state index is -1.09. The Hall–Kier alpha value is -4.06. The van der Waals surface area contributed by atoms with Crippen LogP contribution in [0.5, 0.6) is 11.5 Å². The lowest BCUT2D eigenvalue weighted by atomic mass is 9.98. The van der Waals surface area contributed by atoms with Gasteiger partial charge in [-0.1, -0.05) is 31.5 Å². The van der Waals surface area contributed by atoms with Crippen molar-refractivity contribution >= 4 is 11.7 Å². The molecule has 0 spiro atoms. The van der Waals surface area contributed by atoms with E-state index in [4.69, 9.17) is 4.74 Å². The zero-order valence-corrected chi connectivity index (χ0v) is 18.8. The van der Waals surface area contributed by atoms with Gasteiger partial charge < -0.3 is 14.9 Å². The minimum Gasteiger partial charge on any atom is -0.504 e. The van der Waals surface area contributed by atoms with E-state index in [0.29, 0.717) is 23.5 Å². The maximum atomic E-state index is 11.7. The Kier molecular flexibility index (Phi) is 8.09. The van der Waals surface area contributed by atoms with Crippen molar-refractivity contribution in [1.82, 2.24) is 25.5 Å². The monoisotopic (exact) mass is 470 g/mol. The molecule has 3 rings (SSSR count). The molecule has 0 aliphatic rings. The molecule has 2 unspecified atom stereocenters. The Balaban J connectivity index is 2.07. The number of carboxylic acid groups (broad SMARTS) is 1. The average molecular weight is 470 g/mol. The topological polar surface area (TPSA) is 166 Å². The SMILES string of the molecule is CCCCn1nnnc1C(NC(CC(=O)O)c1cccc([N+](=O)[O-])c1)c1ccc(OC)c(O)c1. The smallest absolute Gasteiger partial charge is 0.305 e. The lowest BCUT2D eigenvalue weighted by Crippen LogP contribution is -2.31. The number of hydrogen-bond donors (Lipinski definition) is 3. The molecule has 0 bridgehead atoms. The van der Waals surface area contributed by atoms with Gasteiger partial charge >= 0.3 is 5.97 Å². The first-order valence-corrected chi connectivity index (χ1v) is 10.7. The number of carbonyl (C=O) groups is 1. The first kappa shape index (κ1) is 24.6. The van der Waals surface area contributed by atoms with Crippen LogP contribution < -0.4 is 10.1 Å². The Morgan fingerprint density at radius 1 is 1.26 bits per heavy atom. The van der Waals surface area contributed by atoms with Crippen molar-refractivity contribution in [3.8, 4) is 11.5 Å². The maximum Gasteiger partial charge on any atom is 0.305 e. The highest BCUT2D eigenvalue weighted by Gasteiger charge is 2.28. The van der Waals surface area contributed by atoms with Crippen molar-refractivity contribution < 1.29 is 24.7 Å². The predicted molar refractivity (Wildman–Crippen MR) is 120 cm³/mol. The van der Waals surface area contributed by atoms with Crippen molar-refractivity contribution in [2.75, 3.05) is 7.11 Å². The zero-order valence-electron chi connectivity index (χ0n) is 18.8. The molecule has 0 aliphatic heterocycles. The average Bonchev–Trinajstić information content (AvgIpc) is 3.28. The van der Waals surface area contributed by atoms with Gasteiger partial charge in [0.2, 0.25) is 0 Å². The molecular weight excluding hydrogens is 444 g/mol. The number of nitrogens with zero attached hydrogens (tertiary/aromatic N) is 5. The number of benzene rings is 2. The number of nitro benzene ring substituents is 1. The van der Waals surface area contributed by atoms with Crippen LogP contribution in [0.2, 0.25) is 0 Å². The molecule has 0 aliphatic carbocycles. The van der Waals surface area contributed by atoms with Gasteiger partial charge in [-0.2, -0.15) is 0 Å². The van der Waals surface area contributed by atoms with Crippen molar-refractivity contribution in [2.45, 2.75) is 44.8 Å². The highest BCUT2D eigenvalue weighted by molar-refractivity contribution is 5.68. The number of hydrogen-bond acceptors (Lipinski definition) is 9. The second-order valence-electron chi connectivity index (χ2n) is 7.65. The lowest BCUT2D eigenvalue weighted by molar-refractivity contribution is -0.384. The van der Waals surface area contributed by atoms with Crippen molar-refractivity contribution in [1.29, 1.82) is 0 Å². The van der Waals surface area contributed by atoms with Gasteiger partial charge in [-0.25, -0.2) is 4.68 Å². The predicted octanol–water partition coefficient (Wildman–Crippen LogP) is 2.99. The summed E-state index contributed by atoms with van der Waals surface area (Å²) in [6.07, 6.45) is 1.38. The second kappa shape index (κ2) is 11.2. The summed E-state index contributed by atoms with van der Waals surface area (Å²) in [6.45, 7) is 2.58. The second-order valence-corrected chi connectivity index (χ2v) is 7.65. The third-order valence-corrected chi connectivity index (χ3v) is 5.31. The number of aromatic nitrogens is 4. The van der Waals surface area contributed by atoms with Crippen molar-refractivity contribution in [3.05, 3.63) is 69.5 Å². The number of aromatic hydroxyl groups is 1. The number of phenolic OH excluding ortho intramolecular Hbond substituents is 1. The number of aryl methyl sites for hydroxylation is 1. The highest BCUT2D eigenvalue weighted by Crippen LogP contribution is 2.33. The van der Waals surface area contributed by atoms with Gasteiger partial charge in [-0.05, 0) is 40.1 Å². The number of rotatable bonds is 12. The zero-order chi connectivity index (χ0) is 24.7. The summed E-state index contributed by atoms with van der Waals surface area (Å²) in [4.78, 5) is 22.4. The number of unbranched alkanes of at least 4 members (excludes halogenated alkanes) is 1. The summed E-state index contributed by atoms with van der Waals surface area (Å²) in [7, 11) is 1.43. The Bertz CT molecular complexity index is 1150. The van der Waals surface area contributed by atoms with Crippen LogP contribution in [-0.4, -0.2) is 48.4 Å². The molecule has 0 saturated heterocycles. The Morgan fingerprint density at radius 2 is 2.06 bits per heavy atom. The number of phenols is 1. The van der Waals surface area contributed by atoms with E-state index in [1.165, 1.54) is 31.4 Å². The number of carboxylic acids is 1. The number of ether oxygens (including phenoxy) is 1. The molecule has 3 aromatic rings. The highest BCUT2D eigenvalue weighted by atomic mass is 16.6. The third-order valence-electron chi connectivity index (χ3n) is 5.31. The van der Waals surface area contributed by atoms with Crippen LogP contribution >= 0.6 is 0 Å². The van der Waals surface area contributed by atoms with Crippen LogP contribution in [-0.2, 0) is 11.3 Å². The van der Waals surface area contributed by atoms with Gasteiger partial charge in [-0.15, -0.1) is 5.10 Å².